The largest absolute Gasteiger partial charge is 0.462 e. The van der Waals surface area contributed by atoms with E-state index in [-0.39, 0.29) is 31.1 Å². The lowest BCUT2D eigenvalue weighted by Crippen LogP contribution is -2.30. The van der Waals surface area contributed by atoms with Crippen molar-refractivity contribution in [1.82, 2.24) is 0 Å². The SMILES string of the molecule is CC/C=C\C/C=C\CCCCCCCCCC(=O)OCC(COC(=O)CCCCCCC\C=C/C=C\C=C/C=C\CCCCC)OC(=O)CCCCCCCCCCCCCCCCCCC. The molecule has 67 heavy (non-hydrogen) atoms. The maximum atomic E-state index is 12.9. The Kier molecular flexibility index (Phi) is 52.8. The van der Waals surface area contributed by atoms with Crippen molar-refractivity contribution in [2.75, 3.05) is 13.2 Å². The van der Waals surface area contributed by atoms with Gasteiger partial charge in [-0.15, -0.1) is 0 Å². The lowest BCUT2D eigenvalue weighted by molar-refractivity contribution is -0.167. The second-order valence-electron chi connectivity index (χ2n) is 18.9. The maximum absolute atomic E-state index is 12.9. The highest BCUT2D eigenvalue weighted by atomic mass is 16.6. The van der Waals surface area contributed by atoms with Crippen LogP contribution in [0.1, 0.15) is 278 Å². The molecular weight excluding hydrogens is 829 g/mol. The molecule has 0 spiro atoms. The van der Waals surface area contributed by atoms with Crippen molar-refractivity contribution in [1.29, 1.82) is 0 Å². The quantitative estimate of drug-likeness (QED) is 0.0199. The average Bonchev–Trinajstić information content (AvgIpc) is 3.33. The molecule has 0 aliphatic heterocycles. The minimum absolute atomic E-state index is 0.0856. The van der Waals surface area contributed by atoms with Crippen LogP contribution < -0.4 is 0 Å². The van der Waals surface area contributed by atoms with Crippen LogP contribution in [0, 0.1) is 0 Å². The molecular formula is C61H106O6. The van der Waals surface area contributed by atoms with Crippen LogP contribution in [-0.2, 0) is 28.6 Å². The fourth-order valence-electron chi connectivity index (χ4n) is 8.02. The van der Waals surface area contributed by atoms with Crippen LogP contribution in [0.3, 0.4) is 0 Å². The molecule has 0 aromatic carbocycles. The van der Waals surface area contributed by atoms with Gasteiger partial charge in [0.2, 0.25) is 0 Å². The van der Waals surface area contributed by atoms with Gasteiger partial charge in [-0.3, -0.25) is 14.4 Å². The molecule has 0 aliphatic carbocycles. The molecule has 1 unspecified atom stereocenters. The summed E-state index contributed by atoms with van der Waals surface area (Å²) in [4.78, 5) is 38.1. The van der Waals surface area contributed by atoms with Crippen LogP contribution >= 0.6 is 0 Å². The van der Waals surface area contributed by atoms with Crippen molar-refractivity contribution >= 4 is 17.9 Å². The summed E-state index contributed by atoms with van der Waals surface area (Å²) < 4.78 is 16.8. The predicted molar refractivity (Wildman–Crippen MR) is 288 cm³/mol. The van der Waals surface area contributed by atoms with Gasteiger partial charge in [0, 0.05) is 19.3 Å². The first-order valence-corrected chi connectivity index (χ1v) is 28.5. The zero-order valence-corrected chi connectivity index (χ0v) is 44.2. The van der Waals surface area contributed by atoms with Crippen molar-refractivity contribution in [2.24, 2.45) is 0 Å². The smallest absolute Gasteiger partial charge is 0.306 e. The lowest BCUT2D eigenvalue weighted by Gasteiger charge is -2.18. The number of carbonyl (C=O) groups excluding carboxylic acids is 3. The number of carbonyl (C=O) groups is 3. The molecule has 0 radical (unpaired) electrons. The molecule has 386 valence electrons. The van der Waals surface area contributed by atoms with E-state index in [2.05, 4.69) is 93.7 Å². The zero-order valence-electron chi connectivity index (χ0n) is 44.2. The van der Waals surface area contributed by atoms with Crippen molar-refractivity contribution in [3.05, 3.63) is 72.9 Å². The Morgan fingerprint density at radius 3 is 1.06 bits per heavy atom. The van der Waals surface area contributed by atoms with Gasteiger partial charge >= 0.3 is 17.9 Å². The predicted octanol–water partition coefficient (Wildman–Crippen LogP) is 19.0. The Bertz CT molecular complexity index is 1260. The average molecular weight is 936 g/mol. The summed E-state index contributed by atoms with van der Waals surface area (Å²) in [5.74, 6) is -0.906. The van der Waals surface area contributed by atoms with Crippen LogP contribution in [0.25, 0.3) is 0 Å². The molecule has 0 saturated heterocycles. The molecule has 0 aromatic heterocycles. The first-order chi connectivity index (χ1) is 33.0. The van der Waals surface area contributed by atoms with Crippen LogP contribution in [-0.4, -0.2) is 37.2 Å². The molecule has 6 nitrogen and oxygen atoms in total. The fraction of sp³-hybridized carbons (Fsp3) is 0.754. The van der Waals surface area contributed by atoms with Gasteiger partial charge in [0.1, 0.15) is 13.2 Å². The third kappa shape index (κ3) is 53.7. The molecule has 6 heteroatoms. The van der Waals surface area contributed by atoms with Gasteiger partial charge in [-0.25, -0.2) is 0 Å². The molecule has 0 rings (SSSR count). The minimum atomic E-state index is -0.787. The first kappa shape index (κ1) is 63.8. The Morgan fingerprint density at radius 2 is 0.642 bits per heavy atom. The molecule has 0 fully saturated rings. The van der Waals surface area contributed by atoms with E-state index in [4.69, 9.17) is 14.2 Å². The summed E-state index contributed by atoms with van der Waals surface area (Å²) in [7, 11) is 0. The molecule has 0 bridgehead atoms. The van der Waals surface area contributed by atoms with Gasteiger partial charge in [-0.2, -0.15) is 0 Å². The van der Waals surface area contributed by atoms with E-state index in [0.717, 1.165) is 103 Å². The van der Waals surface area contributed by atoms with Crippen molar-refractivity contribution in [2.45, 2.75) is 284 Å². The molecule has 0 aliphatic rings. The second kappa shape index (κ2) is 55.4. The second-order valence-corrected chi connectivity index (χ2v) is 18.9. The van der Waals surface area contributed by atoms with Gasteiger partial charge in [0.25, 0.3) is 0 Å². The van der Waals surface area contributed by atoms with E-state index < -0.39 is 6.10 Å². The lowest BCUT2D eigenvalue weighted by atomic mass is 10.0. The van der Waals surface area contributed by atoms with Gasteiger partial charge in [0.05, 0.1) is 0 Å². The Morgan fingerprint density at radius 1 is 0.328 bits per heavy atom. The summed E-state index contributed by atoms with van der Waals surface area (Å²) in [6, 6.07) is 0. The van der Waals surface area contributed by atoms with Gasteiger partial charge in [-0.1, -0.05) is 261 Å². The van der Waals surface area contributed by atoms with E-state index in [1.54, 1.807) is 0 Å². The number of esters is 3. The van der Waals surface area contributed by atoms with Crippen LogP contribution in [0.2, 0.25) is 0 Å². The zero-order chi connectivity index (χ0) is 48.6. The highest BCUT2D eigenvalue weighted by molar-refractivity contribution is 5.71. The molecule has 0 amide bonds. The number of hydrogen-bond donors (Lipinski definition) is 0. The first-order valence-electron chi connectivity index (χ1n) is 28.5. The molecule has 0 saturated carbocycles. The number of rotatable bonds is 51. The van der Waals surface area contributed by atoms with E-state index in [1.807, 2.05) is 0 Å². The third-order valence-electron chi connectivity index (χ3n) is 12.3. The normalized spacial score (nSPS) is 12.6. The van der Waals surface area contributed by atoms with E-state index >= 15 is 0 Å². The van der Waals surface area contributed by atoms with Gasteiger partial charge in [-0.05, 0) is 70.6 Å². The van der Waals surface area contributed by atoms with E-state index in [9.17, 15) is 14.4 Å². The monoisotopic (exact) mass is 935 g/mol. The standard InChI is InChI=1S/C61H106O6/c1-4-7-10-13-16-19-22-25-28-30-32-33-36-39-42-45-48-51-54-60(63)66-57-58(56-65-59(62)53-50-47-44-41-38-35-27-24-21-18-15-12-9-6-3)67-61(64)55-52-49-46-43-40-37-34-31-29-26-23-20-17-14-11-8-5-2/h9,12,16,18-19,21-22,25,28,30,32-33,58H,4-8,10-11,13-15,17,20,23-24,26-27,29,31,34-57H2,1-3H3/b12-9-,19-16-,21-18-,25-22-,30-28-,33-32-. The van der Waals surface area contributed by atoms with Crippen molar-refractivity contribution in [3.8, 4) is 0 Å². The maximum Gasteiger partial charge on any atom is 0.306 e. The topological polar surface area (TPSA) is 78.9 Å². The Balaban J connectivity index is 4.42. The Hall–Kier alpha value is -3.15. The summed E-state index contributed by atoms with van der Waals surface area (Å²) in [5, 5.41) is 0. The summed E-state index contributed by atoms with van der Waals surface area (Å²) >= 11 is 0. The van der Waals surface area contributed by atoms with Crippen LogP contribution in [0.5, 0.6) is 0 Å². The van der Waals surface area contributed by atoms with Crippen LogP contribution in [0.4, 0.5) is 0 Å². The molecule has 0 N–H and O–H groups in total. The van der Waals surface area contributed by atoms with E-state index in [0.29, 0.717) is 19.3 Å². The van der Waals surface area contributed by atoms with E-state index in [1.165, 1.54) is 135 Å². The Labute approximate surface area is 414 Å². The van der Waals surface area contributed by atoms with Gasteiger partial charge in [0.15, 0.2) is 6.10 Å². The minimum Gasteiger partial charge on any atom is -0.462 e. The highest BCUT2D eigenvalue weighted by Crippen LogP contribution is 2.16. The van der Waals surface area contributed by atoms with Crippen molar-refractivity contribution in [3.63, 3.8) is 0 Å². The molecule has 0 heterocycles. The summed E-state index contributed by atoms with van der Waals surface area (Å²) in [6.07, 6.45) is 70.3. The van der Waals surface area contributed by atoms with Gasteiger partial charge < -0.3 is 14.2 Å². The fourth-order valence-corrected chi connectivity index (χ4v) is 8.02. The van der Waals surface area contributed by atoms with Crippen LogP contribution in [0.15, 0.2) is 72.9 Å². The number of ether oxygens (including phenoxy) is 3. The summed E-state index contributed by atoms with van der Waals surface area (Å²) in [6.45, 7) is 6.49. The number of allylic oxidation sites excluding steroid dienone is 12. The number of unbranched alkanes of at least 4 members (excludes halogenated alkanes) is 31. The number of hydrogen-bond acceptors (Lipinski definition) is 6. The highest BCUT2D eigenvalue weighted by Gasteiger charge is 2.19. The molecule has 0 aromatic rings. The third-order valence-corrected chi connectivity index (χ3v) is 12.3. The van der Waals surface area contributed by atoms with Crippen molar-refractivity contribution < 1.29 is 28.6 Å². The summed E-state index contributed by atoms with van der Waals surface area (Å²) in [5.41, 5.74) is 0. The molecule has 1 atom stereocenters.